The lowest BCUT2D eigenvalue weighted by Crippen LogP contribution is -2.47. The van der Waals surface area contributed by atoms with Gasteiger partial charge in [-0.1, -0.05) is 6.92 Å². The van der Waals surface area contributed by atoms with Gasteiger partial charge in [-0.25, -0.2) is 9.97 Å². The molecule has 0 radical (unpaired) electrons. The van der Waals surface area contributed by atoms with E-state index in [0.29, 0.717) is 0 Å². The van der Waals surface area contributed by atoms with Crippen LogP contribution in [0.1, 0.15) is 31.7 Å². The number of nitrogens with one attached hydrogen (secondary N) is 1. The van der Waals surface area contributed by atoms with Crippen molar-refractivity contribution in [2.24, 2.45) is 5.92 Å². The van der Waals surface area contributed by atoms with Gasteiger partial charge < -0.3 is 10.2 Å². The molecule has 1 saturated carbocycles. The van der Waals surface area contributed by atoms with E-state index < -0.39 is 0 Å². The van der Waals surface area contributed by atoms with Crippen LogP contribution in [0.2, 0.25) is 0 Å². The Bertz CT molecular complexity index is 464. The third-order valence-electron chi connectivity index (χ3n) is 4.49. The molecule has 0 unspecified atom stereocenters. The maximum absolute atomic E-state index is 4.53. The smallest absolute Gasteiger partial charge is 0.137 e. The fourth-order valence-electron chi connectivity index (χ4n) is 2.99. The zero-order valence-corrected chi connectivity index (χ0v) is 13.3. The second kappa shape index (κ2) is 6.60. The molecule has 3 rings (SSSR count). The maximum Gasteiger partial charge on any atom is 0.137 e. The molecule has 21 heavy (non-hydrogen) atoms. The lowest BCUT2D eigenvalue weighted by molar-refractivity contribution is 0.247. The number of rotatable bonds is 6. The van der Waals surface area contributed by atoms with Crippen LogP contribution in [0.4, 0.5) is 11.6 Å². The minimum atomic E-state index is 0.965. The summed E-state index contributed by atoms with van der Waals surface area (Å²) in [5.74, 6) is 3.08. The topological polar surface area (TPSA) is 44.3 Å². The molecule has 0 aromatic carbocycles. The zero-order chi connectivity index (χ0) is 14.7. The molecule has 0 amide bonds. The quantitative estimate of drug-likeness (QED) is 0.869. The molecule has 1 saturated heterocycles. The van der Waals surface area contributed by atoms with Crippen LogP contribution in [0, 0.1) is 12.8 Å². The van der Waals surface area contributed by atoms with Crippen molar-refractivity contribution >= 4 is 11.6 Å². The molecule has 116 valence electrons. The molecular weight excluding hydrogens is 262 g/mol. The molecule has 2 aliphatic rings. The van der Waals surface area contributed by atoms with Crippen LogP contribution < -0.4 is 10.2 Å². The summed E-state index contributed by atoms with van der Waals surface area (Å²) in [6, 6.07) is 0. The second-order valence-corrected chi connectivity index (χ2v) is 6.33. The molecule has 1 aliphatic carbocycles. The van der Waals surface area contributed by atoms with Crippen LogP contribution >= 0.6 is 0 Å². The Labute approximate surface area is 127 Å². The van der Waals surface area contributed by atoms with Crippen molar-refractivity contribution in [3.63, 3.8) is 0 Å². The fourth-order valence-corrected chi connectivity index (χ4v) is 2.99. The van der Waals surface area contributed by atoms with E-state index in [0.717, 1.165) is 56.7 Å². The van der Waals surface area contributed by atoms with E-state index in [-0.39, 0.29) is 0 Å². The van der Waals surface area contributed by atoms with Crippen molar-refractivity contribution in [2.75, 3.05) is 49.5 Å². The summed E-state index contributed by atoms with van der Waals surface area (Å²) in [4.78, 5) is 13.9. The molecule has 0 atom stereocenters. The number of aromatic nitrogens is 2. The summed E-state index contributed by atoms with van der Waals surface area (Å²) in [6.07, 6.45) is 5.69. The third kappa shape index (κ3) is 3.64. The lowest BCUT2D eigenvalue weighted by atomic mass is 10.2. The largest absolute Gasteiger partial charge is 0.370 e. The number of hydrogen-bond acceptors (Lipinski definition) is 5. The van der Waals surface area contributed by atoms with Crippen LogP contribution in [0.3, 0.4) is 0 Å². The first-order valence-electron chi connectivity index (χ1n) is 8.30. The summed E-state index contributed by atoms with van der Waals surface area (Å²) in [7, 11) is 0. The van der Waals surface area contributed by atoms with Crippen molar-refractivity contribution in [1.82, 2.24) is 14.9 Å². The van der Waals surface area contributed by atoms with Gasteiger partial charge in [-0.15, -0.1) is 0 Å². The SMILES string of the molecule is CCCNc1ncnc(N2CCN(CC3CC3)CC2)c1C. The van der Waals surface area contributed by atoms with Gasteiger partial charge in [0.2, 0.25) is 0 Å². The minimum absolute atomic E-state index is 0.965. The minimum Gasteiger partial charge on any atom is -0.370 e. The number of nitrogens with zero attached hydrogens (tertiary/aromatic N) is 4. The van der Waals surface area contributed by atoms with Crippen molar-refractivity contribution in [3.8, 4) is 0 Å². The average molecular weight is 289 g/mol. The highest BCUT2D eigenvalue weighted by Crippen LogP contribution is 2.30. The van der Waals surface area contributed by atoms with Crippen molar-refractivity contribution in [2.45, 2.75) is 33.1 Å². The first-order chi connectivity index (χ1) is 10.3. The van der Waals surface area contributed by atoms with Gasteiger partial charge in [-0.2, -0.15) is 0 Å². The molecule has 2 fully saturated rings. The summed E-state index contributed by atoms with van der Waals surface area (Å²) < 4.78 is 0. The lowest BCUT2D eigenvalue weighted by Gasteiger charge is -2.36. The van der Waals surface area contributed by atoms with Gasteiger partial charge in [0.25, 0.3) is 0 Å². The van der Waals surface area contributed by atoms with E-state index in [1.165, 1.54) is 24.9 Å². The van der Waals surface area contributed by atoms with Gasteiger partial charge in [0.15, 0.2) is 0 Å². The Morgan fingerprint density at radius 1 is 1.19 bits per heavy atom. The molecular formula is C16H27N5. The normalized spacial score (nSPS) is 19.8. The molecule has 1 aliphatic heterocycles. The molecule has 0 bridgehead atoms. The van der Waals surface area contributed by atoms with E-state index in [9.17, 15) is 0 Å². The molecule has 5 heteroatoms. The van der Waals surface area contributed by atoms with Gasteiger partial charge >= 0.3 is 0 Å². The van der Waals surface area contributed by atoms with Crippen molar-refractivity contribution in [1.29, 1.82) is 0 Å². The van der Waals surface area contributed by atoms with E-state index >= 15 is 0 Å². The van der Waals surface area contributed by atoms with E-state index in [4.69, 9.17) is 0 Å². The monoisotopic (exact) mass is 289 g/mol. The molecule has 1 aromatic rings. The van der Waals surface area contributed by atoms with Gasteiger partial charge in [0, 0.05) is 44.8 Å². The highest BCUT2D eigenvalue weighted by molar-refractivity contribution is 5.58. The Morgan fingerprint density at radius 2 is 1.95 bits per heavy atom. The van der Waals surface area contributed by atoms with Gasteiger partial charge in [-0.05, 0) is 32.1 Å². The Kier molecular flexibility index (Phi) is 4.58. The summed E-state index contributed by atoms with van der Waals surface area (Å²) in [6.45, 7) is 11.1. The Hall–Kier alpha value is -1.36. The van der Waals surface area contributed by atoms with Gasteiger partial charge in [-0.3, -0.25) is 4.90 Å². The summed E-state index contributed by atoms with van der Waals surface area (Å²) in [5.41, 5.74) is 1.18. The summed E-state index contributed by atoms with van der Waals surface area (Å²) >= 11 is 0. The number of piperazine rings is 1. The van der Waals surface area contributed by atoms with Crippen LogP contribution in [0.15, 0.2) is 6.33 Å². The standard InChI is InChI=1S/C16H27N5/c1-3-6-17-15-13(2)16(19-12-18-15)21-9-7-20(8-10-21)11-14-4-5-14/h12,14H,3-11H2,1-2H3,(H,17,18,19). The van der Waals surface area contributed by atoms with Gasteiger partial charge in [0.1, 0.15) is 18.0 Å². The maximum atomic E-state index is 4.53. The zero-order valence-electron chi connectivity index (χ0n) is 13.3. The first-order valence-corrected chi connectivity index (χ1v) is 8.30. The number of hydrogen-bond donors (Lipinski definition) is 1. The van der Waals surface area contributed by atoms with Crippen LogP contribution in [-0.4, -0.2) is 54.1 Å². The van der Waals surface area contributed by atoms with E-state index in [2.05, 4.69) is 38.9 Å². The molecule has 0 spiro atoms. The Morgan fingerprint density at radius 3 is 2.62 bits per heavy atom. The fraction of sp³-hybridized carbons (Fsp3) is 0.750. The predicted molar refractivity (Wildman–Crippen MR) is 86.9 cm³/mol. The number of anilines is 2. The van der Waals surface area contributed by atoms with E-state index in [1.54, 1.807) is 6.33 Å². The highest BCUT2D eigenvalue weighted by Gasteiger charge is 2.27. The molecule has 2 heterocycles. The first kappa shape index (κ1) is 14.6. The van der Waals surface area contributed by atoms with Crippen molar-refractivity contribution < 1.29 is 0 Å². The third-order valence-corrected chi connectivity index (χ3v) is 4.49. The average Bonchev–Trinajstić information content (AvgIpc) is 3.31. The van der Waals surface area contributed by atoms with Crippen LogP contribution in [-0.2, 0) is 0 Å². The molecule has 1 N–H and O–H groups in total. The van der Waals surface area contributed by atoms with Gasteiger partial charge in [0.05, 0.1) is 0 Å². The highest BCUT2D eigenvalue weighted by atomic mass is 15.3. The summed E-state index contributed by atoms with van der Waals surface area (Å²) in [5, 5.41) is 3.40. The van der Waals surface area contributed by atoms with Crippen molar-refractivity contribution in [3.05, 3.63) is 11.9 Å². The van der Waals surface area contributed by atoms with Crippen LogP contribution in [0.5, 0.6) is 0 Å². The van der Waals surface area contributed by atoms with Crippen LogP contribution in [0.25, 0.3) is 0 Å². The Balaban J connectivity index is 1.61. The molecule has 1 aromatic heterocycles. The predicted octanol–water partition coefficient (Wildman–Crippen LogP) is 2.14. The second-order valence-electron chi connectivity index (χ2n) is 6.33. The molecule has 5 nitrogen and oxygen atoms in total. The van der Waals surface area contributed by atoms with E-state index in [1.807, 2.05) is 0 Å².